The average Bonchev–Trinajstić information content (AvgIpc) is 3.24. The molecule has 1 aliphatic heterocycles. The summed E-state index contributed by atoms with van der Waals surface area (Å²) in [5.41, 5.74) is 5.68. The van der Waals surface area contributed by atoms with Crippen LogP contribution in [0.3, 0.4) is 0 Å². The van der Waals surface area contributed by atoms with Gasteiger partial charge in [-0.1, -0.05) is 11.6 Å². The molecule has 2 aromatic heterocycles. The van der Waals surface area contributed by atoms with Crippen molar-refractivity contribution in [1.29, 1.82) is 0 Å². The molecule has 1 amide bonds. The number of carbonyl (C=O) groups is 2. The van der Waals surface area contributed by atoms with Gasteiger partial charge in [0.1, 0.15) is 0 Å². The third kappa shape index (κ3) is 3.74. The number of ether oxygens (including phenoxy) is 1. The number of carbonyl (C=O) groups excluding carboxylic acids is 2. The van der Waals surface area contributed by atoms with Crippen LogP contribution in [-0.2, 0) is 35.3 Å². The Bertz CT molecular complexity index is 1180. The van der Waals surface area contributed by atoms with Gasteiger partial charge in [-0.25, -0.2) is 4.79 Å². The minimum Gasteiger partial charge on any atom is -0.449 e. The number of hydrogen-bond donors (Lipinski definition) is 0. The van der Waals surface area contributed by atoms with E-state index < -0.39 is 12.1 Å². The summed E-state index contributed by atoms with van der Waals surface area (Å²) < 4.78 is 5.78. The van der Waals surface area contributed by atoms with Gasteiger partial charge in [0.25, 0.3) is 5.91 Å². The smallest absolute Gasteiger partial charge is 0.339 e. The molecule has 0 saturated heterocycles. The number of pyridine rings is 1. The molecule has 31 heavy (non-hydrogen) atoms. The lowest BCUT2D eigenvalue weighted by atomic mass is 9.89. The van der Waals surface area contributed by atoms with Crippen molar-refractivity contribution in [1.82, 2.24) is 9.88 Å². The monoisotopic (exact) mass is 434 g/mol. The van der Waals surface area contributed by atoms with Gasteiger partial charge in [-0.3, -0.25) is 9.78 Å². The lowest BCUT2D eigenvalue weighted by molar-refractivity contribution is -0.140. The number of esters is 1. The van der Waals surface area contributed by atoms with Crippen LogP contribution in [0.1, 0.15) is 57.4 Å². The van der Waals surface area contributed by atoms with Crippen LogP contribution in [0.5, 0.6) is 0 Å². The summed E-state index contributed by atoms with van der Waals surface area (Å²) in [6.07, 6.45) is 3.87. The molecule has 1 atom stereocenters. The van der Waals surface area contributed by atoms with Crippen LogP contribution in [0.2, 0.25) is 0 Å². The topological polar surface area (TPSA) is 59.5 Å². The molecule has 0 saturated carbocycles. The van der Waals surface area contributed by atoms with E-state index in [4.69, 9.17) is 9.72 Å². The fraction of sp³-hybridized carbons (Fsp3) is 0.400. The standard InChI is InChI=1S/C25H26N2O3S/c1-15-7-8-21-19(13-15)23(18-5-3-4-6-20(18)26-21)25(29)30-16(2)24(28)27-11-9-22-17(14-27)10-12-31-22/h7-8,10,12-13,16H,3-6,9,11,14H2,1-2H3. The van der Waals surface area contributed by atoms with E-state index in [1.165, 1.54) is 10.4 Å². The fourth-order valence-corrected chi connectivity index (χ4v) is 5.62. The molecule has 3 aromatic rings. The average molecular weight is 435 g/mol. The molecule has 5 rings (SSSR count). The van der Waals surface area contributed by atoms with Gasteiger partial charge in [0.15, 0.2) is 6.10 Å². The molecule has 1 aromatic carbocycles. The lowest BCUT2D eigenvalue weighted by Gasteiger charge is -2.29. The van der Waals surface area contributed by atoms with E-state index in [0.29, 0.717) is 18.7 Å². The van der Waals surface area contributed by atoms with Crippen molar-refractivity contribution in [2.75, 3.05) is 6.54 Å². The molecule has 6 heteroatoms. The highest BCUT2D eigenvalue weighted by Crippen LogP contribution is 2.31. The molecule has 0 spiro atoms. The molecular formula is C25H26N2O3S. The molecule has 5 nitrogen and oxygen atoms in total. The molecule has 0 fully saturated rings. The molecule has 1 unspecified atom stereocenters. The second kappa shape index (κ2) is 8.08. The van der Waals surface area contributed by atoms with Crippen LogP contribution in [0, 0.1) is 6.92 Å². The molecule has 3 heterocycles. The van der Waals surface area contributed by atoms with Crippen LogP contribution >= 0.6 is 11.3 Å². The number of thiophene rings is 1. The minimum absolute atomic E-state index is 0.131. The quantitative estimate of drug-likeness (QED) is 0.565. The number of aryl methyl sites for hydroxylation is 2. The predicted octanol–water partition coefficient (Wildman–Crippen LogP) is 4.61. The van der Waals surface area contributed by atoms with Crippen LogP contribution in [0.25, 0.3) is 10.9 Å². The SMILES string of the molecule is Cc1ccc2nc3c(c(C(=O)OC(C)C(=O)N4CCc5sccc5C4)c2c1)CCCC3. The second-order valence-corrected chi connectivity index (χ2v) is 9.57. The largest absolute Gasteiger partial charge is 0.449 e. The molecule has 2 aliphatic rings. The number of hydrogen-bond acceptors (Lipinski definition) is 5. The third-order valence-electron chi connectivity index (χ3n) is 6.37. The van der Waals surface area contributed by atoms with Crippen molar-refractivity contribution in [3.8, 4) is 0 Å². The van der Waals surface area contributed by atoms with Gasteiger partial charge >= 0.3 is 5.97 Å². The number of fused-ring (bicyclic) bond motifs is 3. The van der Waals surface area contributed by atoms with E-state index in [2.05, 4.69) is 11.4 Å². The zero-order valence-electron chi connectivity index (χ0n) is 17.9. The number of benzene rings is 1. The normalized spacial score (nSPS) is 16.5. The Labute approximate surface area is 186 Å². The summed E-state index contributed by atoms with van der Waals surface area (Å²) in [6.45, 7) is 4.95. The minimum atomic E-state index is -0.819. The zero-order valence-corrected chi connectivity index (χ0v) is 18.8. The summed E-state index contributed by atoms with van der Waals surface area (Å²) in [5.74, 6) is -0.543. The van der Waals surface area contributed by atoms with E-state index in [-0.39, 0.29) is 5.91 Å². The lowest BCUT2D eigenvalue weighted by Crippen LogP contribution is -2.42. The summed E-state index contributed by atoms with van der Waals surface area (Å²) in [4.78, 5) is 34.4. The Balaban J connectivity index is 1.42. The van der Waals surface area contributed by atoms with Crippen LogP contribution in [0.15, 0.2) is 29.6 Å². The van der Waals surface area contributed by atoms with E-state index in [1.807, 2.05) is 25.1 Å². The number of nitrogens with zero attached hydrogens (tertiary/aromatic N) is 2. The Morgan fingerprint density at radius 2 is 2.00 bits per heavy atom. The van der Waals surface area contributed by atoms with E-state index in [1.54, 1.807) is 23.2 Å². The van der Waals surface area contributed by atoms with Crippen molar-refractivity contribution < 1.29 is 14.3 Å². The van der Waals surface area contributed by atoms with Crippen molar-refractivity contribution in [2.45, 2.75) is 58.6 Å². The van der Waals surface area contributed by atoms with Gasteiger partial charge in [-0.2, -0.15) is 0 Å². The van der Waals surface area contributed by atoms with Crippen molar-refractivity contribution >= 4 is 34.1 Å². The zero-order chi connectivity index (χ0) is 21.5. The summed E-state index contributed by atoms with van der Waals surface area (Å²) in [5, 5.41) is 2.90. The third-order valence-corrected chi connectivity index (χ3v) is 7.40. The Morgan fingerprint density at radius 3 is 2.87 bits per heavy atom. The summed E-state index contributed by atoms with van der Waals surface area (Å²) in [7, 11) is 0. The first-order valence-corrected chi connectivity index (χ1v) is 11.9. The van der Waals surface area contributed by atoms with Gasteiger partial charge in [0.05, 0.1) is 11.1 Å². The highest BCUT2D eigenvalue weighted by Gasteiger charge is 2.30. The van der Waals surface area contributed by atoms with Crippen LogP contribution < -0.4 is 0 Å². The maximum Gasteiger partial charge on any atom is 0.339 e. The van der Waals surface area contributed by atoms with Crippen molar-refractivity contribution in [3.63, 3.8) is 0 Å². The molecule has 0 N–H and O–H groups in total. The first-order valence-electron chi connectivity index (χ1n) is 11.0. The first kappa shape index (κ1) is 20.2. The Kier molecular flexibility index (Phi) is 5.26. The Hall–Kier alpha value is -2.73. The number of aromatic nitrogens is 1. The summed E-state index contributed by atoms with van der Waals surface area (Å²) >= 11 is 1.74. The highest BCUT2D eigenvalue weighted by molar-refractivity contribution is 7.10. The number of rotatable bonds is 3. The maximum atomic E-state index is 13.4. The number of amides is 1. The fourth-order valence-electron chi connectivity index (χ4n) is 4.73. The maximum absolute atomic E-state index is 13.4. The van der Waals surface area contributed by atoms with E-state index >= 15 is 0 Å². The van der Waals surface area contributed by atoms with Gasteiger partial charge in [0.2, 0.25) is 0 Å². The molecule has 0 radical (unpaired) electrons. The molecule has 1 aliphatic carbocycles. The van der Waals surface area contributed by atoms with E-state index in [0.717, 1.165) is 59.8 Å². The van der Waals surface area contributed by atoms with Gasteiger partial charge in [-0.05, 0) is 80.7 Å². The molecule has 160 valence electrons. The van der Waals surface area contributed by atoms with Gasteiger partial charge < -0.3 is 9.64 Å². The van der Waals surface area contributed by atoms with Crippen LogP contribution in [-0.4, -0.2) is 34.4 Å². The second-order valence-electron chi connectivity index (χ2n) is 8.57. The van der Waals surface area contributed by atoms with Gasteiger partial charge in [0, 0.05) is 29.0 Å². The van der Waals surface area contributed by atoms with E-state index in [9.17, 15) is 9.59 Å². The van der Waals surface area contributed by atoms with Crippen molar-refractivity contribution in [3.05, 3.63) is 62.5 Å². The highest BCUT2D eigenvalue weighted by atomic mass is 32.1. The Morgan fingerprint density at radius 1 is 1.16 bits per heavy atom. The molecule has 0 bridgehead atoms. The first-order chi connectivity index (χ1) is 15.0. The van der Waals surface area contributed by atoms with Crippen molar-refractivity contribution in [2.24, 2.45) is 0 Å². The van der Waals surface area contributed by atoms with Crippen LogP contribution in [0.4, 0.5) is 0 Å². The summed E-state index contributed by atoms with van der Waals surface area (Å²) in [6, 6.07) is 8.06. The van der Waals surface area contributed by atoms with Gasteiger partial charge in [-0.15, -0.1) is 11.3 Å². The molecular weight excluding hydrogens is 408 g/mol. The predicted molar refractivity (Wildman–Crippen MR) is 121 cm³/mol.